The van der Waals surface area contributed by atoms with Crippen LogP contribution in [0.15, 0.2) is 67.0 Å². The number of rotatable bonds is 7. The number of hydrogen-bond donors (Lipinski definition) is 3. The number of primary amides is 1. The van der Waals surface area contributed by atoms with Gasteiger partial charge in [-0.15, -0.1) is 10.2 Å². The number of anilines is 4. The van der Waals surface area contributed by atoms with Crippen molar-refractivity contribution in [2.45, 2.75) is 50.1 Å². The second-order valence-corrected chi connectivity index (χ2v) is 12.1. The molecule has 1 amide bonds. The smallest absolute Gasteiger partial charge is 0.225 e. The molecule has 2 unspecified atom stereocenters. The third-order valence-corrected chi connectivity index (χ3v) is 9.34. The van der Waals surface area contributed by atoms with Crippen LogP contribution in [0.4, 0.5) is 23.1 Å². The number of hydrogen-bond acceptors (Lipinski definition) is 10. The fourth-order valence-electron chi connectivity index (χ4n) is 7.06. The third kappa shape index (κ3) is 5.45. The lowest BCUT2D eigenvalue weighted by Gasteiger charge is -2.42. The number of aromatic nitrogens is 4. The van der Waals surface area contributed by atoms with Gasteiger partial charge in [0.25, 0.3) is 0 Å². The Balaban J connectivity index is 0.993. The number of piperidine rings is 1. The van der Waals surface area contributed by atoms with Crippen LogP contribution in [0.5, 0.6) is 5.75 Å². The number of carbonyl (C=O) groups is 1. The number of fused-ring (bicyclic) bond motifs is 2. The summed E-state index contributed by atoms with van der Waals surface area (Å²) in [5.74, 6) is 1.48. The first-order chi connectivity index (χ1) is 21.4. The summed E-state index contributed by atoms with van der Waals surface area (Å²) in [6.07, 6.45) is 8.54. The molecule has 0 spiro atoms. The van der Waals surface area contributed by atoms with Gasteiger partial charge in [0.15, 0.2) is 5.82 Å². The Kier molecular flexibility index (Phi) is 7.37. The molecule has 2 aromatic heterocycles. The fourth-order valence-corrected chi connectivity index (χ4v) is 7.06. The molecule has 7 rings (SSSR count). The number of benzene rings is 2. The first kappa shape index (κ1) is 27.9. The number of piperazine rings is 1. The molecule has 5 heterocycles. The van der Waals surface area contributed by atoms with Gasteiger partial charge in [-0.25, -0.2) is 9.97 Å². The van der Waals surface area contributed by atoms with E-state index in [1.165, 1.54) is 11.3 Å². The largest absolute Gasteiger partial charge is 0.507 e. The minimum absolute atomic E-state index is 0.168. The standard InChI is InChI=1S/C33H37N9O2/c34-31(44)15-21-5-7-24(8-6-21)40-13-11-22(12-14-40)23-17-36-33(37-18-23)42-25-9-10-26(42)20-41(19-25)29-16-28(38-39-32(29)35)27-3-1-2-4-30(27)43/h1-8,16-18,22,25-26,43H,9-15,19-20H2,(H2,34,44)(H2,35,39). The number of phenols is 1. The molecule has 0 saturated carbocycles. The molecule has 226 valence electrons. The van der Waals surface area contributed by atoms with Crippen molar-refractivity contribution in [2.75, 3.05) is 46.6 Å². The number of aromatic hydroxyl groups is 1. The molecule has 3 saturated heterocycles. The SMILES string of the molecule is NC(=O)Cc1ccc(N2CCC(c3cnc(N4C5CCC4CN(c4cc(-c6ccccc6O)nnc4N)C5)nc3)CC2)cc1. The molecule has 11 heteroatoms. The van der Waals surface area contributed by atoms with E-state index in [-0.39, 0.29) is 30.2 Å². The number of carbonyl (C=O) groups excluding carboxylic acids is 1. The first-order valence-electron chi connectivity index (χ1n) is 15.3. The van der Waals surface area contributed by atoms with Crippen molar-refractivity contribution in [1.82, 2.24) is 20.2 Å². The van der Waals surface area contributed by atoms with E-state index >= 15 is 0 Å². The number of amides is 1. The van der Waals surface area contributed by atoms with Gasteiger partial charge in [-0.1, -0.05) is 24.3 Å². The summed E-state index contributed by atoms with van der Waals surface area (Å²) < 4.78 is 0. The van der Waals surface area contributed by atoms with Crippen LogP contribution in [-0.2, 0) is 11.2 Å². The van der Waals surface area contributed by atoms with Crippen LogP contribution < -0.4 is 26.2 Å². The molecule has 0 aliphatic carbocycles. The van der Waals surface area contributed by atoms with Crippen molar-refractivity contribution in [3.63, 3.8) is 0 Å². The van der Waals surface area contributed by atoms with Crippen molar-refractivity contribution < 1.29 is 9.90 Å². The van der Waals surface area contributed by atoms with E-state index < -0.39 is 0 Å². The predicted molar refractivity (Wildman–Crippen MR) is 171 cm³/mol. The van der Waals surface area contributed by atoms with Gasteiger partial charge in [-0.3, -0.25) is 4.79 Å². The lowest BCUT2D eigenvalue weighted by atomic mass is 9.91. The summed E-state index contributed by atoms with van der Waals surface area (Å²) in [6, 6.07) is 17.8. The van der Waals surface area contributed by atoms with Crippen molar-refractivity contribution in [3.05, 3.63) is 78.1 Å². The summed E-state index contributed by atoms with van der Waals surface area (Å²) in [4.78, 5) is 28.0. The Morgan fingerprint density at radius 3 is 2.23 bits per heavy atom. The van der Waals surface area contributed by atoms with Gasteiger partial charge < -0.3 is 31.3 Å². The highest BCUT2D eigenvalue weighted by Gasteiger charge is 2.42. The first-order valence-corrected chi connectivity index (χ1v) is 15.3. The van der Waals surface area contributed by atoms with Crippen molar-refractivity contribution in [1.29, 1.82) is 0 Å². The lowest BCUT2D eigenvalue weighted by molar-refractivity contribution is -0.117. The molecular weight excluding hydrogens is 554 g/mol. The number of nitrogens with zero attached hydrogens (tertiary/aromatic N) is 7. The minimum atomic E-state index is -0.311. The summed E-state index contributed by atoms with van der Waals surface area (Å²) in [6.45, 7) is 3.51. The normalized spacial score (nSPS) is 20.2. The summed E-state index contributed by atoms with van der Waals surface area (Å²) in [5, 5.41) is 18.8. The maximum absolute atomic E-state index is 11.2. The summed E-state index contributed by atoms with van der Waals surface area (Å²) in [5.41, 5.74) is 17.0. The number of nitrogens with two attached hydrogens (primary N) is 2. The minimum Gasteiger partial charge on any atom is -0.507 e. The third-order valence-electron chi connectivity index (χ3n) is 9.34. The lowest BCUT2D eigenvalue weighted by Crippen LogP contribution is -2.54. The summed E-state index contributed by atoms with van der Waals surface area (Å²) in [7, 11) is 0. The molecule has 2 atom stereocenters. The molecule has 2 bridgehead atoms. The highest BCUT2D eigenvalue weighted by molar-refractivity contribution is 5.77. The molecule has 5 N–H and O–H groups in total. The van der Waals surface area contributed by atoms with Crippen molar-refractivity contribution in [3.8, 4) is 17.0 Å². The average molecular weight is 592 g/mol. The second kappa shape index (κ2) is 11.6. The Hall–Kier alpha value is -4.93. The molecule has 3 aliphatic heterocycles. The number of nitrogen functional groups attached to an aromatic ring is 1. The highest BCUT2D eigenvalue weighted by Crippen LogP contribution is 2.38. The Morgan fingerprint density at radius 2 is 1.57 bits per heavy atom. The molecule has 44 heavy (non-hydrogen) atoms. The molecule has 2 aromatic carbocycles. The number of para-hydroxylation sites is 1. The Labute approximate surface area is 256 Å². The van der Waals surface area contributed by atoms with Crippen LogP contribution in [0, 0.1) is 0 Å². The van der Waals surface area contributed by atoms with Gasteiger partial charge in [0.2, 0.25) is 11.9 Å². The van der Waals surface area contributed by atoms with Crippen LogP contribution in [0.2, 0.25) is 0 Å². The van der Waals surface area contributed by atoms with Gasteiger partial charge in [-0.05, 0) is 73.1 Å². The van der Waals surface area contributed by atoms with Gasteiger partial charge in [0.1, 0.15) is 5.75 Å². The molecular formula is C33H37N9O2. The van der Waals surface area contributed by atoms with Crippen LogP contribution in [0.1, 0.15) is 42.7 Å². The van der Waals surface area contributed by atoms with Gasteiger partial charge in [0.05, 0.1) is 17.8 Å². The Morgan fingerprint density at radius 1 is 0.886 bits per heavy atom. The van der Waals surface area contributed by atoms with Gasteiger partial charge in [0, 0.05) is 61.9 Å². The monoisotopic (exact) mass is 591 g/mol. The molecule has 3 aliphatic rings. The van der Waals surface area contributed by atoms with E-state index in [1.807, 2.05) is 42.7 Å². The maximum atomic E-state index is 11.2. The maximum Gasteiger partial charge on any atom is 0.225 e. The van der Waals surface area contributed by atoms with E-state index in [0.717, 1.165) is 69.1 Å². The van der Waals surface area contributed by atoms with E-state index in [4.69, 9.17) is 21.4 Å². The zero-order chi connectivity index (χ0) is 30.2. The van der Waals surface area contributed by atoms with Crippen LogP contribution in [0.3, 0.4) is 0 Å². The zero-order valence-electron chi connectivity index (χ0n) is 24.6. The van der Waals surface area contributed by atoms with E-state index in [9.17, 15) is 9.90 Å². The summed E-state index contributed by atoms with van der Waals surface area (Å²) >= 11 is 0. The quantitative estimate of drug-likeness (QED) is 0.291. The average Bonchev–Trinajstić information content (AvgIpc) is 3.30. The van der Waals surface area contributed by atoms with Gasteiger partial charge in [-0.2, -0.15) is 0 Å². The van der Waals surface area contributed by atoms with Crippen molar-refractivity contribution in [2.24, 2.45) is 5.73 Å². The molecule has 4 aromatic rings. The van der Waals surface area contributed by atoms with Crippen LogP contribution >= 0.6 is 0 Å². The van der Waals surface area contributed by atoms with E-state index in [2.05, 4.69) is 37.0 Å². The Bertz CT molecular complexity index is 1620. The molecule has 11 nitrogen and oxygen atoms in total. The topological polar surface area (TPSA) is 151 Å². The van der Waals surface area contributed by atoms with E-state index in [0.29, 0.717) is 23.0 Å². The molecule has 0 radical (unpaired) electrons. The second-order valence-electron chi connectivity index (χ2n) is 12.1. The highest BCUT2D eigenvalue weighted by atomic mass is 16.3. The number of phenolic OH excluding ortho intramolecular Hbond substituents is 1. The van der Waals surface area contributed by atoms with Gasteiger partial charge >= 0.3 is 0 Å². The predicted octanol–water partition coefficient (Wildman–Crippen LogP) is 3.49. The molecule has 3 fully saturated rings. The zero-order valence-corrected chi connectivity index (χ0v) is 24.6. The fraction of sp³-hybridized carbons (Fsp3) is 0.364. The van der Waals surface area contributed by atoms with Crippen LogP contribution in [-0.4, -0.2) is 69.4 Å². The van der Waals surface area contributed by atoms with Crippen LogP contribution in [0.25, 0.3) is 11.3 Å². The van der Waals surface area contributed by atoms with E-state index in [1.54, 1.807) is 12.1 Å². The van der Waals surface area contributed by atoms with Crippen molar-refractivity contribution >= 4 is 29.0 Å².